The summed E-state index contributed by atoms with van der Waals surface area (Å²) < 4.78 is 11.7. The number of ether oxygens (including phenoxy) is 1. The summed E-state index contributed by atoms with van der Waals surface area (Å²) in [6.07, 6.45) is 0.987. The van der Waals surface area contributed by atoms with Crippen molar-refractivity contribution >= 4 is 11.7 Å². The van der Waals surface area contributed by atoms with Crippen LogP contribution in [0.25, 0.3) is 0 Å². The molecule has 2 heterocycles. The van der Waals surface area contributed by atoms with Crippen LogP contribution in [0.2, 0.25) is 0 Å². The number of nitrogens with zero attached hydrogens (tertiary/aromatic N) is 4. The Morgan fingerprint density at radius 1 is 1.26 bits per heavy atom. The second-order valence-corrected chi connectivity index (χ2v) is 5.15. The number of urea groups is 1. The van der Waals surface area contributed by atoms with E-state index in [-0.39, 0.29) is 12.6 Å². The fraction of sp³-hybridized carbons (Fsp3) is 0.571. The van der Waals surface area contributed by atoms with Gasteiger partial charge in [-0.2, -0.15) is 5.10 Å². The van der Waals surface area contributed by atoms with Gasteiger partial charge in [-0.05, 0) is 32.3 Å². The maximum absolute atomic E-state index is 12.0. The van der Waals surface area contributed by atoms with Crippen molar-refractivity contribution < 1.29 is 14.2 Å². The van der Waals surface area contributed by atoms with Crippen molar-refractivity contribution in [3.05, 3.63) is 17.1 Å². The van der Waals surface area contributed by atoms with Crippen LogP contribution in [0.1, 0.15) is 30.4 Å². The van der Waals surface area contributed by atoms with Crippen molar-refractivity contribution in [1.29, 1.82) is 0 Å². The average molecular weight is 322 g/mol. The van der Waals surface area contributed by atoms with E-state index in [0.29, 0.717) is 18.1 Å². The number of rotatable bonds is 7. The lowest BCUT2D eigenvalue weighted by Gasteiger charge is -2.08. The molecular formula is C14H22N6O3. The molecular weight excluding hydrogens is 300 g/mol. The van der Waals surface area contributed by atoms with E-state index >= 15 is 0 Å². The molecule has 9 heteroatoms. The van der Waals surface area contributed by atoms with E-state index in [4.69, 9.17) is 4.74 Å². The Labute approximate surface area is 134 Å². The first-order chi connectivity index (χ1) is 11.0. The SMILES string of the molecule is CCCn1nc(C)c(NC(=O)NCCOc2nonc2C)c1C. The first kappa shape index (κ1) is 16.8. The smallest absolute Gasteiger partial charge is 0.319 e. The van der Waals surface area contributed by atoms with Crippen LogP contribution < -0.4 is 15.4 Å². The van der Waals surface area contributed by atoms with Crippen LogP contribution in [-0.4, -0.2) is 39.3 Å². The molecule has 0 saturated carbocycles. The molecule has 0 radical (unpaired) electrons. The van der Waals surface area contributed by atoms with Crippen molar-refractivity contribution in [2.24, 2.45) is 0 Å². The molecule has 0 unspecified atom stereocenters. The van der Waals surface area contributed by atoms with Gasteiger partial charge in [-0.15, -0.1) is 0 Å². The van der Waals surface area contributed by atoms with Gasteiger partial charge < -0.3 is 15.4 Å². The molecule has 0 aliphatic heterocycles. The Bertz CT molecular complexity index is 664. The lowest BCUT2D eigenvalue weighted by atomic mass is 10.3. The molecule has 0 atom stereocenters. The summed E-state index contributed by atoms with van der Waals surface area (Å²) in [5.74, 6) is 0.333. The quantitative estimate of drug-likeness (QED) is 0.753. The van der Waals surface area contributed by atoms with Gasteiger partial charge in [-0.3, -0.25) is 4.68 Å². The second kappa shape index (κ2) is 7.61. The molecule has 2 amide bonds. The summed E-state index contributed by atoms with van der Waals surface area (Å²) in [6, 6.07) is -0.300. The molecule has 23 heavy (non-hydrogen) atoms. The highest BCUT2D eigenvalue weighted by molar-refractivity contribution is 5.90. The van der Waals surface area contributed by atoms with Crippen LogP contribution in [0.5, 0.6) is 5.88 Å². The van der Waals surface area contributed by atoms with Crippen molar-refractivity contribution in [3.63, 3.8) is 0 Å². The number of carbonyl (C=O) groups is 1. The lowest BCUT2D eigenvalue weighted by Crippen LogP contribution is -2.32. The summed E-state index contributed by atoms with van der Waals surface area (Å²) in [6.45, 7) is 9.06. The Morgan fingerprint density at radius 3 is 2.70 bits per heavy atom. The fourth-order valence-electron chi connectivity index (χ4n) is 2.13. The standard InChI is InChI=1S/C14H22N6O3/c1-5-7-20-11(4)12(9(2)17-20)16-14(21)15-6-8-22-13-10(3)18-23-19-13/h5-8H2,1-4H3,(H2,15,16,21). The molecule has 9 nitrogen and oxygen atoms in total. The minimum absolute atomic E-state index is 0.273. The highest BCUT2D eigenvalue weighted by Gasteiger charge is 2.13. The third-order valence-electron chi connectivity index (χ3n) is 3.29. The van der Waals surface area contributed by atoms with Gasteiger partial charge in [-0.1, -0.05) is 12.1 Å². The summed E-state index contributed by atoms with van der Waals surface area (Å²) in [7, 11) is 0. The topological polar surface area (TPSA) is 107 Å². The first-order valence-electron chi connectivity index (χ1n) is 7.53. The van der Waals surface area contributed by atoms with Gasteiger partial charge in [0.15, 0.2) is 0 Å². The molecule has 126 valence electrons. The van der Waals surface area contributed by atoms with Gasteiger partial charge in [0.25, 0.3) is 5.88 Å². The Hall–Kier alpha value is -2.58. The van der Waals surface area contributed by atoms with Crippen molar-refractivity contribution in [2.75, 3.05) is 18.5 Å². The molecule has 2 N–H and O–H groups in total. The van der Waals surface area contributed by atoms with Crippen LogP contribution in [-0.2, 0) is 6.54 Å². The number of carbonyl (C=O) groups excluding carboxylic acids is 1. The fourth-order valence-corrected chi connectivity index (χ4v) is 2.13. The van der Waals surface area contributed by atoms with E-state index in [9.17, 15) is 4.79 Å². The van der Waals surface area contributed by atoms with E-state index in [0.717, 1.165) is 30.0 Å². The molecule has 2 rings (SSSR count). The summed E-state index contributed by atoms with van der Waals surface area (Å²) in [5.41, 5.74) is 3.06. The number of aromatic nitrogens is 4. The van der Waals surface area contributed by atoms with Crippen molar-refractivity contribution in [3.8, 4) is 5.88 Å². The normalized spacial score (nSPS) is 10.6. The number of amides is 2. The monoisotopic (exact) mass is 322 g/mol. The second-order valence-electron chi connectivity index (χ2n) is 5.15. The number of hydrogen-bond donors (Lipinski definition) is 2. The number of aryl methyl sites for hydroxylation is 3. The Kier molecular flexibility index (Phi) is 5.56. The molecule has 0 aromatic carbocycles. The lowest BCUT2D eigenvalue weighted by molar-refractivity contribution is 0.240. The van der Waals surface area contributed by atoms with Crippen LogP contribution in [0.3, 0.4) is 0 Å². The van der Waals surface area contributed by atoms with Crippen molar-refractivity contribution in [1.82, 2.24) is 25.4 Å². The molecule has 2 aromatic heterocycles. The molecule has 0 spiro atoms. The van der Waals surface area contributed by atoms with Crippen molar-refractivity contribution in [2.45, 2.75) is 40.7 Å². The zero-order chi connectivity index (χ0) is 16.8. The van der Waals surface area contributed by atoms with Gasteiger partial charge in [0.2, 0.25) is 0 Å². The molecule has 0 saturated heterocycles. The highest BCUT2D eigenvalue weighted by atomic mass is 16.6. The van der Waals surface area contributed by atoms with E-state index in [1.165, 1.54) is 0 Å². The zero-order valence-corrected chi connectivity index (χ0v) is 13.8. The van der Waals surface area contributed by atoms with Crippen LogP contribution in [0, 0.1) is 20.8 Å². The largest absolute Gasteiger partial charge is 0.472 e. The molecule has 0 bridgehead atoms. The van der Waals surface area contributed by atoms with Gasteiger partial charge in [0, 0.05) is 6.54 Å². The Morgan fingerprint density at radius 2 is 2.04 bits per heavy atom. The van der Waals surface area contributed by atoms with Crippen LogP contribution in [0.15, 0.2) is 4.63 Å². The third-order valence-corrected chi connectivity index (χ3v) is 3.29. The zero-order valence-electron chi connectivity index (χ0n) is 13.8. The first-order valence-corrected chi connectivity index (χ1v) is 7.53. The van der Waals surface area contributed by atoms with E-state index in [2.05, 4.69) is 37.6 Å². The number of anilines is 1. The predicted molar refractivity (Wildman–Crippen MR) is 83.5 cm³/mol. The predicted octanol–water partition coefficient (Wildman–Crippen LogP) is 1.80. The van der Waals surface area contributed by atoms with Gasteiger partial charge in [0.05, 0.1) is 23.6 Å². The molecule has 2 aromatic rings. The minimum atomic E-state index is -0.300. The van der Waals surface area contributed by atoms with Crippen LogP contribution >= 0.6 is 0 Å². The summed E-state index contributed by atoms with van der Waals surface area (Å²) in [5, 5.41) is 17.2. The summed E-state index contributed by atoms with van der Waals surface area (Å²) in [4.78, 5) is 12.0. The van der Waals surface area contributed by atoms with E-state index in [1.807, 2.05) is 18.5 Å². The Balaban J connectivity index is 1.80. The van der Waals surface area contributed by atoms with Gasteiger partial charge in [-0.25, -0.2) is 9.42 Å². The molecule has 0 fully saturated rings. The van der Waals surface area contributed by atoms with Gasteiger partial charge in [0.1, 0.15) is 12.3 Å². The van der Waals surface area contributed by atoms with E-state index < -0.39 is 0 Å². The maximum atomic E-state index is 12.0. The van der Waals surface area contributed by atoms with E-state index in [1.54, 1.807) is 6.92 Å². The van der Waals surface area contributed by atoms with Crippen LogP contribution in [0.4, 0.5) is 10.5 Å². The molecule has 0 aliphatic rings. The number of nitrogens with one attached hydrogen (secondary N) is 2. The maximum Gasteiger partial charge on any atom is 0.319 e. The molecule has 0 aliphatic carbocycles. The average Bonchev–Trinajstić information content (AvgIpc) is 3.03. The third kappa shape index (κ3) is 4.21. The minimum Gasteiger partial charge on any atom is -0.472 e. The number of hydrogen-bond acceptors (Lipinski definition) is 6. The van der Waals surface area contributed by atoms with Gasteiger partial charge >= 0.3 is 6.03 Å². The highest BCUT2D eigenvalue weighted by Crippen LogP contribution is 2.19. The summed E-state index contributed by atoms with van der Waals surface area (Å²) >= 11 is 0.